The second-order valence-electron chi connectivity index (χ2n) is 8.14. The van der Waals surface area contributed by atoms with E-state index in [2.05, 4.69) is 24.4 Å². The second kappa shape index (κ2) is 5.70. The number of methoxy groups -OCH3 is 2. The van der Waals surface area contributed by atoms with Gasteiger partial charge >= 0.3 is 0 Å². The Morgan fingerprint density at radius 3 is 2.13 bits per heavy atom. The predicted molar refractivity (Wildman–Crippen MR) is 92.0 cm³/mol. The quantitative estimate of drug-likeness (QED) is 0.888. The van der Waals surface area contributed by atoms with E-state index in [0.717, 1.165) is 41.4 Å². The zero-order chi connectivity index (χ0) is 16.0. The van der Waals surface area contributed by atoms with Gasteiger partial charge in [0.15, 0.2) is 0 Å². The molecule has 23 heavy (non-hydrogen) atoms. The lowest BCUT2D eigenvalue weighted by Gasteiger charge is -2.57. The first-order valence-electron chi connectivity index (χ1n) is 9.08. The average Bonchev–Trinajstić information content (AvgIpc) is 2.52. The van der Waals surface area contributed by atoms with E-state index < -0.39 is 0 Å². The summed E-state index contributed by atoms with van der Waals surface area (Å²) < 4.78 is 11.1. The summed E-state index contributed by atoms with van der Waals surface area (Å²) in [5.74, 6) is 4.82. The number of nitrogens with one attached hydrogen (secondary N) is 1. The van der Waals surface area contributed by atoms with Gasteiger partial charge in [0.25, 0.3) is 0 Å². The molecule has 3 heteroatoms. The van der Waals surface area contributed by atoms with Gasteiger partial charge in [-0.1, -0.05) is 6.07 Å². The topological polar surface area (TPSA) is 30.5 Å². The van der Waals surface area contributed by atoms with Crippen LogP contribution in [0.15, 0.2) is 12.1 Å². The fourth-order valence-electron chi connectivity index (χ4n) is 5.98. The van der Waals surface area contributed by atoms with Crippen LogP contribution in [0.1, 0.15) is 49.7 Å². The van der Waals surface area contributed by atoms with Crippen molar-refractivity contribution in [3.05, 3.63) is 23.3 Å². The third-order valence-corrected chi connectivity index (χ3v) is 6.55. The monoisotopic (exact) mass is 315 g/mol. The molecule has 4 bridgehead atoms. The zero-order valence-electron chi connectivity index (χ0n) is 14.7. The minimum atomic E-state index is 0.396. The summed E-state index contributed by atoms with van der Waals surface area (Å²) in [6.07, 6.45) is 8.63. The number of benzene rings is 1. The normalized spacial score (nSPS) is 34.7. The van der Waals surface area contributed by atoms with Crippen LogP contribution in [-0.4, -0.2) is 19.8 Å². The van der Waals surface area contributed by atoms with E-state index >= 15 is 0 Å². The van der Waals surface area contributed by atoms with Crippen molar-refractivity contribution in [3.8, 4) is 11.5 Å². The highest BCUT2D eigenvalue weighted by Gasteiger charge is 2.50. The first-order chi connectivity index (χ1) is 11.1. The van der Waals surface area contributed by atoms with Gasteiger partial charge in [0.1, 0.15) is 11.5 Å². The fourth-order valence-corrected chi connectivity index (χ4v) is 5.98. The summed E-state index contributed by atoms with van der Waals surface area (Å²) in [6, 6.07) is 4.22. The van der Waals surface area contributed by atoms with Gasteiger partial charge in [0.05, 0.1) is 14.2 Å². The Hall–Kier alpha value is -1.22. The highest BCUT2D eigenvalue weighted by molar-refractivity contribution is 5.49. The lowest BCUT2D eigenvalue weighted by Crippen LogP contribution is -2.58. The Morgan fingerprint density at radius 1 is 1.00 bits per heavy atom. The van der Waals surface area contributed by atoms with Crippen LogP contribution in [0, 0.1) is 24.7 Å². The molecule has 0 amide bonds. The maximum absolute atomic E-state index is 5.67. The number of hydrogen-bond acceptors (Lipinski definition) is 3. The van der Waals surface area contributed by atoms with Crippen LogP contribution in [0.4, 0.5) is 0 Å². The highest BCUT2D eigenvalue weighted by Crippen LogP contribution is 2.55. The lowest BCUT2D eigenvalue weighted by atomic mass is 9.53. The summed E-state index contributed by atoms with van der Waals surface area (Å²) in [6.45, 7) is 2.98. The SMILES string of the molecule is COc1ccc(CNC23CC4CC(CC(C4)C2)C3)c(OC)c1C. The minimum absolute atomic E-state index is 0.396. The van der Waals surface area contributed by atoms with Crippen molar-refractivity contribution >= 4 is 0 Å². The molecule has 0 aliphatic heterocycles. The third-order valence-electron chi connectivity index (χ3n) is 6.55. The van der Waals surface area contributed by atoms with E-state index in [1.807, 2.05) is 0 Å². The first kappa shape index (κ1) is 15.3. The highest BCUT2D eigenvalue weighted by atomic mass is 16.5. The van der Waals surface area contributed by atoms with Crippen molar-refractivity contribution in [2.75, 3.05) is 14.2 Å². The van der Waals surface area contributed by atoms with E-state index in [1.165, 1.54) is 44.1 Å². The second-order valence-corrected chi connectivity index (χ2v) is 8.14. The lowest BCUT2D eigenvalue weighted by molar-refractivity contribution is -0.0206. The van der Waals surface area contributed by atoms with Gasteiger partial charge < -0.3 is 14.8 Å². The molecule has 0 heterocycles. The van der Waals surface area contributed by atoms with Gasteiger partial charge in [-0.2, -0.15) is 0 Å². The Kier molecular flexibility index (Phi) is 3.79. The van der Waals surface area contributed by atoms with E-state index in [4.69, 9.17) is 9.47 Å². The van der Waals surface area contributed by atoms with Crippen LogP contribution in [-0.2, 0) is 6.54 Å². The van der Waals surface area contributed by atoms with Crippen molar-refractivity contribution in [2.24, 2.45) is 17.8 Å². The fraction of sp³-hybridized carbons (Fsp3) is 0.700. The van der Waals surface area contributed by atoms with Gasteiger partial charge in [-0.05, 0) is 69.3 Å². The molecule has 126 valence electrons. The van der Waals surface area contributed by atoms with Crippen LogP contribution in [0.25, 0.3) is 0 Å². The average molecular weight is 315 g/mol. The molecule has 1 aromatic carbocycles. The summed E-state index contributed by atoms with van der Waals surface area (Å²) >= 11 is 0. The smallest absolute Gasteiger partial charge is 0.129 e. The van der Waals surface area contributed by atoms with E-state index in [0.29, 0.717) is 5.54 Å². The number of hydrogen-bond donors (Lipinski definition) is 1. The molecule has 1 N–H and O–H groups in total. The van der Waals surface area contributed by atoms with Gasteiger partial charge in [0, 0.05) is 23.2 Å². The van der Waals surface area contributed by atoms with Crippen molar-refractivity contribution < 1.29 is 9.47 Å². The van der Waals surface area contributed by atoms with E-state index in [-0.39, 0.29) is 0 Å². The van der Waals surface area contributed by atoms with Crippen LogP contribution >= 0.6 is 0 Å². The maximum atomic E-state index is 5.67. The van der Waals surface area contributed by atoms with Gasteiger partial charge in [-0.3, -0.25) is 0 Å². The Balaban J connectivity index is 1.52. The molecule has 3 nitrogen and oxygen atoms in total. The molecule has 0 aromatic heterocycles. The van der Waals surface area contributed by atoms with Crippen molar-refractivity contribution in [1.82, 2.24) is 5.32 Å². The molecule has 0 saturated heterocycles. The molecule has 0 atom stereocenters. The standard InChI is InChI=1S/C20H29NO2/c1-13-18(22-2)5-4-17(19(13)23-3)12-21-20-9-14-6-15(10-20)8-16(7-14)11-20/h4-5,14-16,21H,6-12H2,1-3H3. The molecule has 5 rings (SSSR count). The van der Waals surface area contributed by atoms with Crippen molar-refractivity contribution in [3.63, 3.8) is 0 Å². The van der Waals surface area contributed by atoms with Gasteiger partial charge in [-0.15, -0.1) is 0 Å². The summed E-state index contributed by atoms with van der Waals surface area (Å²) in [5.41, 5.74) is 2.74. The number of ether oxygens (including phenoxy) is 2. The summed E-state index contributed by atoms with van der Waals surface area (Å²) in [4.78, 5) is 0. The summed E-state index contributed by atoms with van der Waals surface area (Å²) in [7, 11) is 3.48. The number of rotatable bonds is 5. The van der Waals surface area contributed by atoms with Crippen molar-refractivity contribution in [2.45, 2.75) is 57.5 Å². The molecule has 4 aliphatic carbocycles. The molecule has 4 saturated carbocycles. The van der Waals surface area contributed by atoms with Crippen molar-refractivity contribution in [1.29, 1.82) is 0 Å². The Bertz CT molecular complexity index is 560. The molecule has 4 aliphatic rings. The molecule has 0 unspecified atom stereocenters. The molecule has 1 aromatic rings. The zero-order valence-corrected chi connectivity index (χ0v) is 14.7. The minimum Gasteiger partial charge on any atom is -0.496 e. The first-order valence-corrected chi connectivity index (χ1v) is 9.08. The van der Waals surface area contributed by atoms with Crippen LogP contribution in [0.5, 0.6) is 11.5 Å². The van der Waals surface area contributed by atoms with Crippen LogP contribution in [0.2, 0.25) is 0 Å². The predicted octanol–water partition coefficient (Wildman–Crippen LogP) is 4.07. The van der Waals surface area contributed by atoms with Crippen LogP contribution < -0.4 is 14.8 Å². The largest absolute Gasteiger partial charge is 0.496 e. The van der Waals surface area contributed by atoms with Gasteiger partial charge in [-0.25, -0.2) is 0 Å². The maximum Gasteiger partial charge on any atom is 0.129 e. The molecule has 4 fully saturated rings. The molecular weight excluding hydrogens is 286 g/mol. The van der Waals surface area contributed by atoms with E-state index in [9.17, 15) is 0 Å². The van der Waals surface area contributed by atoms with Gasteiger partial charge in [0.2, 0.25) is 0 Å². The van der Waals surface area contributed by atoms with E-state index in [1.54, 1.807) is 14.2 Å². The molecule has 0 radical (unpaired) electrons. The third kappa shape index (κ3) is 2.63. The van der Waals surface area contributed by atoms with Crippen LogP contribution in [0.3, 0.4) is 0 Å². The Morgan fingerprint density at radius 2 is 1.61 bits per heavy atom. The molecular formula is C20H29NO2. The summed E-state index contributed by atoms with van der Waals surface area (Å²) in [5, 5.41) is 3.96. The molecule has 0 spiro atoms. The Labute approximate surface area is 139 Å².